The predicted octanol–water partition coefficient (Wildman–Crippen LogP) is 3.09. The number of likely N-dealkylation sites (tertiary alicyclic amines) is 1. The number of halogens is 3. The summed E-state index contributed by atoms with van der Waals surface area (Å²) in [6.45, 7) is 2.63. The molecule has 1 atom stereocenters. The molecule has 0 aliphatic carbocycles. The van der Waals surface area contributed by atoms with Crippen LogP contribution in [0.2, 0.25) is 0 Å². The molecule has 0 N–H and O–H groups in total. The number of hydrogen-bond donors (Lipinski definition) is 0. The van der Waals surface area contributed by atoms with Crippen molar-refractivity contribution in [3.8, 4) is 11.6 Å². The molecule has 0 aromatic carbocycles. The fraction of sp³-hybridized carbons (Fsp3) is 0.533. The number of hydrogen-bond acceptors (Lipinski definition) is 4. The molecule has 1 fully saturated rings. The van der Waals surface area contributed by atoms with E-state index in [-0.39, 0.29) is 17.6 Å². The summed E-state index contributed by atoms with van der Waals surface area (Å²) in [6.07, 6.45) is -3.34. The molecule has 2 aromatic rings. The number of rotatable bonds is 4. The molecule has 130 valence electrons. The molecule has 9 heteroatoms. The van der Waals surface area contributed by atoms with E-state index in [2.05, 4.69) is 10.1 Å². The van der Waals surface area contributed by atoms with Crippen molar-refractivity contribution in [3.05, 3.63) is 23.7 Å². The lowest BCUT2D eigenvalue weighted by Crippen LogP contribution is -2.31. The zero-order valence-electron chi connectivity index (χ0n) is 13.3. The number of amides is 1. The zero-order chi connectivity index (χ0) is 17.5. The van der Waals surface area contributed by atoms with Gasteiger partial charge in [-0.25, -0.2) is 9.67 Å². The van der Waals surface area contributed by atoms with Crippen molar-refractivity contribution < 1.29 is 22.4 Å². The van der Waals surface area contributed by atoms with Crippen molar-refractivity contribution in [1.29, 1.82) is 0 Å². The Bertz CT molecular complexity index is 750. The van der Waals surface area contributed by atoms with Gasteiger partial charge in [-0.2, -0.15) is 13.2 Å². The maximum Gasteiger partial charge on any atom is 0.408 e. The predicted molar refractivity (Wildman–Crippen MR) is 77.9 cm³/mol. The van der Waals surface area contributed by atoms with Gasteiger partial charge in [0.2, 0.25) is 11.7 Å². The maximum atomic E-state index is 12.9. The van der Waals surface area contributed by atoms with E-state index in [1.165, 1.54) is 4.90 Å². The third kappa shape index (κ3) is 3.29. The number of carbonyl (C=O) groups excluding carboxylic acids is 1. The minimum absolute atomic E-state index is 0.0838. The molecule has 0 bridgehead atoms. The standard InChI is InChI=1S/C15H17F3N4O2/c1-9-5-6-11(24-9)13-19-14(22(20-13)8-15(16,17)18)10(2)21-7-3-4-12(21)23/h5-6,10H,3-4,7-8H2,1-2H3/t10-/m0/s1. The number of alkyl halides is 3. The van der Waals surface area contributed by atoms with Crippen molar-refractivity contribution >= 4 is 5.91 Å². The molecule has 0 radical (unpaired) electrons. The highest BCUT2D eigenvalue weighted by Gasteiger charge is 2.35. The largest absolute Gasteiger partial charge is 0.458 e. The number of aromatic nitrogens is 3. The van der Waals surface area contributed by atoms with Crippen LogP contribution in [0.5, 0.6) is 0 Å². The zero-order valence-corrected chi connectivity index (χ0v) is 13.3. The molecule has 0 saturated carbocycles. The second-order valence-electron chi connectivity index (χ2n) is 5.84. The lowest BCUT2D eigenvalue weighted by Gasteiger charge is -2.24. The fourth-order valence-corrected chi connectivity index (χ4v) is 2.83. The van der Waals surface area contributed by atoms with Gasteiger partial charge < -0.3 is 9.32 Å². The van der Waals surface area contributed by atoms with E-state index in [1.807, 2.05) is 0 Å². The third-order valence-electron chi connectivity index (χ3n) is 3.94. The van der Waals surface area contributed by atoms with Crippen LogP contribution >= 0.6 is 0 Å². The van der Waals surface area contributed by atoms with Gasteiger partial charge in [-0.3, -0.25) is 4.79 Å². The highest BCUT2D eigenvalue weighted by molar-refractivity contribution is 5.78. The molecule has 1 aliphatic heterocycles. The molecule has 24 heavy (non-hydrogen) atoms. The van der Waals surface area contributed by atoms with Gasteiger partial charge in [-0.1, -0.05) is 0 Å². The van der Waals surface area contributed by atoms with E-state index in [0.29, 0.717) is 30.9 Å². The monoisotopic (exact) mass is 342 g/mol. The molecule has 1 amide bonds. The third-order valence-corrected chi connectivity index (χ3v) is 3.94. The highest BCUT2D eigenvalue weighted by Crippen LogP contribution is 2.29. The Morgan fingerprint density at radius 3 is 2.67 bits per heavy atom. The maximum absolute atomic E-state index is 12.9. The van der Waals surface area contributed by atoms with Crippen LogP contribution in [-0.2, 0) is 11.3 Å². The SMILES string of the molecule is Cc1ccc(-c2nc([C@H](C)N3CCCC3=O)n(CC(F)(F)F)n2)o1. The van der Waals surface area contributed by atoms with Crippen molar-refractivity contribution in [2.75, 3.05) is 6.54 Å². The smallest absolute Gasteiger partial charge is 0.408 e. The Labute approximate surface area is 136 Å². The first-order valence-electron chi connectivity index (χ1n) is 7.62. The summed E-state index contributed by atoms with van der Waals surface area (Å²) in [6, 6.07) is 2.71. The lowest BCUT2D eigenvalue weighted by molar-refractivity contribution is -0.143. The summed E-state index contributed by atoms with van der Waals surface area (Å²) < 4.78 is 44.8. The Hall–Kier alpha value is -2.32. The summed E-state index contributed by atoms with van der Waals surface area (Å²) in [5.74, 6) is 1.02. The van der Waals surface area contributed by atoms with Gasteiger partial charge in [0.05, 0.1) is 6.04 Å². The molecular weight excluding hydrogens is 325 g/mol. The van der Waals surface area contributed by atoms with Gasteiger partial charge in [0, 0.05) is 13.0 Å². The number of nitrogens with zero attached hydrogens (tertiary/aromatic N) is 4. The highest BCUT2D eigenvalue weighted by atomic mass is 19.4. The summed E-state index contributed by atoms with van der Waals surface area (Å²) in [4.78, 5) is 17.7. The fourth-order valence-electron chi connectivity index (χ4n) is 2.83. The number of aryl methyl sites for hydroxylation is 1. The Balaban J connectivity index is 1.98. The van der Waals surface area contributed by atoms with E-state index in [9.17, 15) is 18.0 Å². The first kappa shape index (κ1) is 16.5. The van der Waals surface area contributed by atoms with Crippen LogP contribution in [0.1, 0.15) is 37.4 Å². The van der Waals surface area contributed by atoms with Gasteiger partial charge in [-0.05, 0) is 32.4 Å². The molecule has 6 nitrogen and oxygen atoms in total. The molecule has 0 unspecified atom stereocenters. The van der Waals surface area contributed by atoms with Crippen molar-refractivity contribution in [2.24, 2.45) is 0 Å². The second kappa shape index (κ2) is 5.95. The van der Waals surface area contributed by atoms with Gasteiger partial charge >= 0.3 is 6.18 Å². The molecule has 2 aromatic heterocycles. The molecule has 3 rings (SSSR count). The molecule has 1 saturated heterocycles. The summed E-state index contributed by atoms with van der Waals surface area (Å²) in [5.41, 5.74) is 0. The van der Waals surface area contributed by atoms with E-state index in [0.717, 1.165) is 4.68 Å². The summed E-state index contributed by atoms with van der Waals surface area (Å²) in [5, 5.41) is 3.95. The lowest BCUT2D eigenvalue weighted by atomic mass is 10.2. The normalized spacial score (nSPS) is 16.9. The minimum Gasteiger partial charge on any atom is -0.458 e. The van der Waals surface area contributed by atoms with Crippen molar-refractivity contribution in [2.45, 2.75) is 45.5 Å². The van der Waals surface area contributed by atoms with Gasteiger partial charge in [-0.15, -0.1) is 5.10 Å². The average molecular weight is 342 g/mol. The van der Waals surface area contributed by atoms with Crippen LogP contribution in [0, 0.1) is 6.92 Å². The second-order valence-corrected chi connectivity index (χ2v) is 5.84. The quantitative estimate of drug-likeness (QED) is 0.856. The molecule has 1 aliphatic rings. The van der Waals surface area contributed by atoms with Gasteiger partial charge in [0.15, 0.2) is 11.6 Å². The first-order chi connectivity index (χ1) is 11.2. The Kier molecular flexibility index (Phi) is 4.10. The molecule has 3 heterocycles. The van der Waals surface area contributed by atoms with Crippen LogP contribution in [-0.4, -0.2) is 38.3 Å². The van der Waals surface area contributed by atoms with Crippen molar-refractivity contribution in [1.82, 2.24) is 19.7 Å². The van der Waals surface area contributed by atoms with Crippen LogP contribution < -0.4 is 0 Å². The van der Waals surface area contributed by atoms with Crippen LogP contribution in [0.3, 0.4) is 0 Å². The van der Waals surface area contributed by atoms with Gasteiger partial charge in [0.1, 0.15) is 12.3 Å². The number of carbonyl (C=O) groups is 1. The van der Waals surface area contributed by atoms with E-state index in [1.54, 1.807) is 26.0 Å². The van der Waals surface area contributed by atoms with E-state index < -0.39 is 18.8 Å². The van der Waals surface area contributed by atoms with Gasteiger partial charge in [0.25, 0.3) is 0 Å². The van der Waals surface area contributed by atoms with Crippen LogP contribution in [0.4, 0.5) is 13.2 Å². The van der Waals surface area contributed by atoms with Crippen LogP contribution in [0.15, 0.2) is 16.5 Å². The van der Waals surface area contributed by atoms with Crippen LogP contribution in [0.25, 0.3) is 11.6 Å². The number of furan rings is 1. The Morgan fingerprint density at radius 2 is 2.12 bits per heavy atom. The topological polar surface area (TPSA) is 64.2 Å². The van der Waals surface area contributed by atoms with E-state index >= 15 is 0 Å². The summed E-state index contributed by atoms with van der Waals surface area (Å²) >= 11 is 0. The average Bonchev–Trinajstić information content (AvgIpc) is 3.16. The minimum atomic E-state index is -4.44. The summed E-state index contributed by atoms with van der Waals surface area (Å²) in [7, 11) is 0. The molecule has 0 spiro atoms. The van der Waals surface area contributed by atoms with Crippen molar-refractivity contribution in [3.63, 3.8) is 0 Å². The molecular formula is C15H17F3N4O2. The first-order valence-corrected chi connectivity index (χ1v) is 7.62. The van der Waals surface area contributed by atoms with E-state index in [4.69, 9.17) is 4.42 Å². The Morgan fingerprint density at radius 1 is 1.38 bits per heavy atom.